The summed E-state index contributed by atoms with van der Waals surface area (Å²) < 4.78 is 24.1. The molecule has 0 spiro atoms. The normalized spacial score (nSPS) is 11.9. The number of nitrogen functional groups attached to an aromatic ring is 1. The minimum atomic E-state index is -0.979. The summed E-state index contributed by atoms with van der Waals surface area (Å²) in [6.45, 7) is 0.266. The molecular weight excluding hydrogens is 245 g/mol. The van der Waals surface area contributed by atoms with E-state index in [0.29, 0.717) is 5.75 Å². The van der Waals surface area contributed by atoms with Gasteiger partial charge in [0, 0.05) is 29.4 Å². The van der Waals surface area contributed by atoms with Gasteiger partial charge in [-0.3, -0.25) is 14.8 Å². The molecule has 0 saturated heterocycles. The van der Waals surface area contributed by atoms with E-state index in [1.165, 1.54) is 18.2 Å². The predicted octanol–water partition coefficient (Wildman–Crippen LogP) is 0.220. The van der Waals surface area contributed by atoms with Gasteiger partial charge in [-0.05, 0) is 12.1 Å². The first-order valence-corrected chi connectivity index (χ1v) is 6.62. The van der Waals surface area contributed by atoms with Crippen LogP contribution in [0, 0.1) is 5.82 Å². The van der Waals surface area contributed by atoms with E-state index in [-0.39, 0.29) is 17.8 Å². The molecule has 1 aromatic carbocycles. The van der Waals surface area contributed by atoms with Crippen molar-refractivity contribution in [3.63, 3.8) is 0 Å². The highest BCUT2D eigenvalue weighted by Gasteiger charge is 2.13. The lowest BCUT2D eigenvalue weighted by Crippen LogP contribution is -2.29. The third-order valence-electron chi connectivity index (χ3n) is 2.08. The number of rotatable bonds is 5. The van der Waals surface area contributed by atoms with Crippen LogP contribution in [0.25, 0.3) is 0 Å². The fourth-order valence-electron chi connectivity index (χ4n) is 1.26. The molecule has 0 heterocycles. The lowest BCUT2D eigenvalue weighted by Gasteiger charge is -2.09. The van der Waals surface area contributed by atoms with E-state index in [1.807, 2.05) is 0 Å². The van der Waals surface area contributed by atoms with Gasteiger partial charge < -0.3 is 10.7 Å². The van der Waals surface area contributed by atoms with Crippen LogP contribution in [0.15, 0.2) is 18.2 Å². The summed E-state index contributed by atoms with van der Waals surface area (Å²) in [7, 11) is -0.979. The van der Waals surface area contributed by atoms with Gasteiger partial charge in [0.15, 0.2) is 0 Å². The molecule has 0 aliphatic heterocycles. The van der Waals surface area contributed by atoms with Crippen molar-refractivity contribution in [2.45, 2.75) is 0 Å². The second-order valence-corrected chi connectivity index (χ2v) is 4.89. The van der Waals surface area contributed by atoms with Crippen LogP contribution in [-0.4, -0.2) is 28.7 Å². The summed E-state index contributed by atoms with van der Waals surface area (Å²) in [4.78, 5) is 11.7. The van der Waals surface area contributed by atoms with Crippen LogP contribution in [0.2, 0.25) is 0 Å². The number of hydrogen-bond acceptors (Lipinski definition) is 4. The quantitative estimate of drug-likeness (QED) is 0.521. The average molecular weight is 259 g/mol. The summed E-state index contributed by atoms with van der Waals surface area (Å²) in [5.41, 5.74) is 2.21. The second-order valence-electron chi connectivity index (χ2n) is 3.34. The number of carbonyl (C=O) groups excluding carboxylic acids is 1. The van der Waals surface area contributed by atoms with E-state index in [2.05, 4.69) is 10.7 Å². The van der Waals surface area contributed by atoms with Crippen LogP contribution in [0.1, 0.15) is 10.4 Å². The highest BCUT2D eigenvalue weighted by Crippen LogP contribution is 2.18. The smallest absolute Gasteiger partial charge is 0.253 e. The van der Waals surface area contributed by atoms with Gasteiger partial charge in [0.25, 0.3) is 5.91 Å². The highest BCUT2D eigenvalue weighted by atomic mass is 32.2. The van der Waals surface area contributed by atoms with E-state index < -0.39 is 22.5 Å². The van der Waals surface area contributed by atoms with Crippen molar-refractivity contribution in [2.75, 3.05) is 24.0 Å². The SMILES string of the molecule is CS(=O)CCNC(=O)c1cccc(F)c1NN. The molecule has 0 bridgehead atoms. The van der Waals surface area contributed by atoms with Gasteiger partial charge in [-0.2, -0.15) is 0 Å². The molecule has 1 atom stereocenters. The Labute approximate surface area is 101 Å². The Morgan fingerprint density at radius 3 is 2.82 bits per heavy atom. The van der Waals surface area contributed by atoms with Gasteiger partial charge in [-0.1, -0.05) is 6.07 Å². The molecule has 1 amide bonds. The molecule has 1 aromatic rings. The van der Waals surface area contributed by atoms with Crippen LogP contribution in [-0.2, 0) is 10.8 Å². The number of carbonyl (C=O) groups is 1. The van der Waals surface area contributed by atoms with Crippen molar-refractivity contribution in [3.05, 3.63) is 29.6 Å². The van der Waals surface area contributed by atoms with Crippen molar-refractivity contribution in [1.82, 2.24) is 5.32 Å². The number of para-hydroxylation sites is 1. The lowest BCUT2D eigenvalue weighted by molar-refractivity contribution is 0.0956. The van der Waals surface area contributed by atoms with Crippen molar-refractivity contribution in [1.29, 1.82) is 0 Å². The Kier molecular flexibility index (Phi) is 5.05. The maximum absolute atomic E-state index is 13.3. The zero-order chi connectivity index (χ0) is 12.8. The van der Waals surface area contributed by atoms with Gasteiger partial charge in [0.05, 0.1) is 11.3 Å². The molecule has 7 heteroatoms. The third-order valence-corrected chi connectivity index (χ3v) is 2.86. The largest absolute Gasteiger partial charge is 0.351 e. The minimum absolute atomic E-state index is 0.0531. The van der Waals surface area contributed by atoms with E-state index in [4.69, 9.17) is 5.84 Å². The molecule has 0 radical (unpaired) electrons. The van der Waals surface area contributed by atoms with Gasteiger partial charge in [0.1, 0.15) is 5.82 Å². The molecule has 0 aliphatic rings. The predicted molar refractivity (Wildman–Crippen MR) is 65.5 cm³/mol. The molecule has 5 nitrogen and oxygen atoms in total. The monoisotopic (exact) mass is 259 g/mol. The summed E-state index contributed by atoms with van der Waals surface area (Å²) >= 11 is 0. The van der Waals surface area contributed by atoms with Gasteiger partial charge in [-0.15, -0.1) is 0 Å². The zero-order valence-corrected chi connectivity index (χ0v) is 10.1. The minimum Gasteiger partial charge on any atom is -0.351 e. The van der Waals surface area contributed by atoms with Crippen LogP contribution < -0.4 is 16.6 Å². The zero-order valence-electron chi connectivity index (χ0n) is 9.33. The Morgan fingerprint density at radius 2 is 2.24 bits per heavy atom. The Hall–Kier alpha value is -1.47. The number of amides is 1. The van der Waals surface area contributed by atoms with Crippen LogP contribution in [0.3, 0.4) is 0 Å². The average Bonchev–Trinajstić information content (AvgIpc) is 2.28. The molecule has 1 unspecified atom stereocenters. The fraction of sp³-hybridized carbons (Fsp3) is 0.300. The Morgan fingerprint density at radius 1 is 1.53 bits per heavy atom. The Bertz CT molecular complexity index is 440. The number of hydrazine groups is 1. The molecule has 0 fully saturated rings. The van der Waals surface area contributed by atoms with Crippen LogP contribution in [0.5, 0.6) is 0 Å². The summed E-state index contributed by atoms with van der Waals surface area (Å²) in [5.74, 6) is 4.45. The van der Waals surface area contributed by atoms with E-state index >= 15 is 0 Å². The van der Waals surface area contributed by atoms with Gasteiger partial charge in [0.2, 0.25) is 0 Å². The summed E-state index contributed by atoms with van der Waals surface area (Å²) in [6, 6.07) is 4.08. The Balaban J connectivity index is 2.75. The van der Waals surface area contributed by atoms with Crippen molar-refractivity contribution < 1.29 is 13.4 Å². The van der Waals surface area contributed by atoms with Gasteiger partial charge >= 0.3 is 0 Å². The molecule has 0 aromatic heterocycles. The van der Waals surface area contributed by atoms with Crippen molar-refractivity contribution in [2.24, 2.45) is 5.84 Å². The molecule has 0 saturated carbocycles. The molecule has 94 valence electrons. The molecule has 4 N–H and O–H groups in total. The second kappa shape index (κ2) is 6.31. The van der Waals surface area contributed by atoms with Gasteiger partial charge in [-0.25, -0.2) is 4.39 Å². The van der Waals surface area contributed by atoms with Crippen molar-refractivity contribution in [3.8, 4) is 0 Å². The maximum atomic E-state index is 13.3. The van der Waals surface area contributed by atoms with Crippen LogP contribution >= 0.6 is 0 Å². The fourth-order valence-corrected chi connectivity index (χ4v) is 1.65. The standard InChI is InChI=1S/C10H14FN3O2S/c1-17(16)6-5-13-10(15)7-3-2-4-8(11)9(7)14-12/h2-4,14H,5-6,12H2,1H3,(H,13,15). The maximum Gasteiger partial charge on any atom is 0.253 e. The number of nitrogens with two attached hydrogens (primary N) is 1. The number of halogens is 1. The first kappa shape index (κ1) is 13.6. The molecule has 0 aliphatic carbocycles. The highest BCUT2D eigenvalue weighted by molar-refractivity contribution is 7.84. The molecular formula is C10H14FN3O2S. The number of anilines is 1. The van der Waals surface area contributed by atoms with E-state index in [0.717, 1.165) is 0 Å². The topological polar surface area (TPSA) is 84.2 Å². The lowest BCUT2D eigenvalue weighted by atomic mass is 10.1. The van der Waals surface area contributed by atoms with Crippen LogP contribution in [0.4, 0.5) is 10.1 Å². The molecule has 17 heavy (non-hydrogen) atoms. The van der Waals surface area contributed by atoms with E-state index in [9.17, 15) is 13.4 Å². The van der Waals surface area contributed by atoms with Crippen molar-refractivity contribution >= 4 is 22.4 Å². The first-order valence-electron chi connectivity index (χ1n) is 4.89. The number of nitrogens with one attached hydrogen (secondary N) is 2. The number of benzene rings is 1. The summed E-state index contributed by atoms with van der Waals surface area (Å²) in [6.07, 6.45) is 1.54. The summed E-state index contributed by atoms with van der Waals surface area (Å²) in [5, 5.41) is 2.54. The van der Waals surface area contributed by atoms with E-state index in [1.54, 1.807) is 6.26 Å². The number of hydrogen-bond donors (Lipinski definition) is 3. The third kappa shape index (κ3) is 3.79. The first-order chi connectivity index (χ1) is 8.06. The molecule has 1 rings (SSSR count).